The summed E-state index contributed by atoms with van der Waals surface area (Å²) >= 11 is 0. The van der Waals surface area contributed by atoms with Gasteiger partial charge in [0.05, 0.1) is 34.1 Å². The first-order chi connectivity index (χ1) is 12.1. The van der Waals surface area contributed by atoms with Gasteiger partial charge in [0, 0.05) is 17.8 Å². The van der Waals surface area contributed by atoms with Crippen molar-refractivity contribution in [3.63, 3.8) is 0 Å². The highest BCUT2D eigenvalue weighted by Gasteiger charge is 2.15. The fourth-order valence-corrected chi connectivity index (χ4v) is 2.29. The number of anilines is 1. The number of rotatable bonds is 8. The highest BCUT2D eigenvalue weighted by atomic mass is 16.5. The molecule has 0 heterocycles. The van der Waals surface area contributed by atoms with Crippen molar-refractivity contribution in [3.05, 3.63) is 54.2 Å². The van der Waals surface area contributed by atoms with E-state index >= 15 is 0 Å². The van der Waals surface area contributed by atoms with Gasteiger partial charge in [-0.25, -0.2) is 0 Å². The third-order valence-corrected chi connectivity index (χ3v) is 3.53. The van der Waals surface area contributed by atoms with Crippen LogP contribution in [0, 0.1) is 0 Å². The standard InChI is InChI=1S/C19H21NO5/c1-22-16-8-6-5-7-14(16)20-10-9-15(21)13-11-17(23-2)19(25-4)18(12-13)24-3/h5-12,20H,1-4H3/b10-9-. The van der Waals surface area contributed by atoms with Crippen LogP contribution in [-0.4, -0.2) is 34.2 Å². The van der Waals surface area contributed by atoms with Gasteiger partial charge in [-0.15, -0.1) is 0 Å². The molecule has 1 N–H and O–H groups in total. The summed E-state index contributed by atoms with van der Waals surface area (Å²) in [4.78, 5) is 12.4. The van der Waals surface area contributed by atoms with Crippen molar-refractivity contribution < 1.29 is 23.7 Å². The smallest absolute Gasteiger partial charge is 0.203 e. The zero-order chi connectivity index (χ0) is 18.2. The number of para-hydroxylation sites is 2. The van der Waals surface area contributed by atoms with E-state index in [0.29, 0.717) is 28.6 Å². The van der Waals surface area contributed by atoms with Crippen molar-refractivity contribution in [2.24, 2.45) is 0 Å². The summed E-state index contributed by atoms with van der Waals surface area (Å²) in [5, 5.41) is 3.03. The van der Waals surface area contributed by atoms with Gasteiger partial charge in [-0.1, -0.05) is 12.1 Å². The number of methoxy groups -OCH3 is 4. The lowest BCUT2D eigenvalue weighted by Crippen LogP contribution is -2.01. The van der Waals surface area contributed by atoms with E-state index in [9.17, 15) is 4.79 Å². The van der Waals surface area contributed by atoms with E-state index in [0.717, 1.165) is 5.69 Å². The van der Waals surface area contributed by atoms with Crippen LogP contribution in [0.2, 0.25) is 0 Å². The van der Waals surface area contributed by atoms with Gasteiger partial charge in [0.1, 0.15) is 5.75 Å². The molecule has 0 fully saturated rings. The van der Waals surface area contributed by atoms with E-state index in [2.05, 4.69) is 5.32 Å². The van der Waals surface area contributed by atoms with Crippen LogP contribution >= 0.6 is 0 Å². The number of nitrogens with one attached hydrogen (secondary N) is 1. The molecule has 6 heteroatoms. The predicted molar refractivity (Wildman–Crippen MR) is 96.2 cm³/mol. The molecule has 0 aromatic heterocycles. The first-order valence-corrected chi connectivity index (χ1v) is 7.55. The molecule has 0 bridgehead atoms. The maximum Gasteiger partial charge on any atom is 0.203 e. The first kappa shape index (κ1) is 18.2. The molecule has 0 spiro atoms. The Morgan fingerprint density at radius 3 is 2.04 bits per heavy atom. The van der Waals surface area contributed by atoms with Crippen molar-refractivity contribution in [2.45, 2.75) is 0 Å². The molecule has 2 rings (SSSR count). The molecule has 0 aliphatic carbocycles. The van der Waals surface area contributed by atoms with Crippen molar-refractivity contribution in [3.8, 4) is 23.0 Å². The van der Waals surface area contributed by atoms with Gasteiger partial charge < -0.3 is 24.3 Å². The monoisotopic (exact) mass is 343 g/mol. The Morgan fingerprint density at radius 2 is 1.48 bits per heavy atom. The van der Waals surface area contributed by atoms with Crippen LogP contribution in [0.15, 0.2) is 48.7 Å². The van der Waals surface area contributed by atoms with E-state index < -0.39 is 0 Å². The number of allylic oxidation sites excluding steroid dienone is 1. The van der Waals surface area contributed by atoms with Crippen LogP contribution in [0.1, 0.15) is 10.4 Å². The third kappa shape index (κ3) is 4.23. The van der Waals surface area contributed by atoms with Gasteiger partial charge in [-0.2, -0.15) is 0 Å². The van der Waals surface area contributed by atoms with Crippen LogP contribution < -0.4 is 24.3 Å². The zero-order valence-electron chi connectivity index (χ0n) is 14.7. The number of carbonyl (C=O) groups excluding carboxylic acids is 1. The summed E-state index contributed by atoms with van der Waals surface area (Å²) in [7, 11) is 6.11. The van der Waals surface area contributed by atoms with Gasteiger partial charge in [-0.05, 0) is 24.3 Å². The van der Waals surface area contributed by atoms with E-state index in [1.54, 1.807) is 25.4 Å². The Balaban J connectivity index is 2.20. The highest BCUT2D eigenvalue weighted by Crippen LogP contribution is 2.38. The molecular formula is C19H21NO5. The third-order valence-electron chi connectivity index (χ3n) is 3.53. The number of ketones is 1. The molecule has 0 aliphatic heterocycles. The molecule has 25 heavy (non-hydrogen) atoms. The molecule has 0 atom stereocenters. The van der Waals surface area contributed by atoms with Crippen LogP contribution in [0.4, 0.5) is 5.69 Å². The molecule has 0 radical (unpaired) electrons. The van der Waals surface area contributed by atoms with E-state index in [1.807, 2.05) is 24.3 Å². The Kier molecular flexibility index (Phi) is 6.28. The lowest BCUT2D eigenvalue weighted by atomic mass is 10.1. The second-order valence-corrected chi connectivity index (χ2v) is 4.96. The summed E-state index contributed by atoms with van der Waals surface area (Å²) in [5.74, 6) is 1.78. The summed E-state index contributed by atoms with van der Waals surface area (Å²) in [6.07, 6.45) is 2.98. The highest BCUT2D eigenvalue weighted by molar-refractivity contribution is 6.05. The fraction of sp³-hybridized carbons (Fsp3) is 0.211. The van der Waals surface area contributed by atoms with Crippen molar-refractivity contribution >= 4 is 11.5 Å². The van der Waals surface area contributed by atoms with Crippen LogP contribution in [0.25, 0.3) is 0 Å². The van der Waals surface area contributed by atoms with Gasteiger partial charge in [0.15, 0.2) is 17.3 Å². The van der Waals surface area contributed by atoms with Crippen LogP contribution in [-0.2, 0) is 0 Å². The maximum absolute atomic E-state index is 12.4. The van der Waals surface area contributed by atoms with Crippen LogP contribution in [0.3, 0.4) is 0 Å². The topological polar surface area (TPSA) is 66.0 Å². The van der Waals surface area contributed by atoms with Crippen molar-refractivity contribution in [1.82, 2.24) is 0 Å². The van der Waals surface area contributed by atoms with E-state index in [1.165, 1.54) is 27.4 Å². The Labute approximate surface area is 147 Å². The molecule has 132 valence electrons. The maximum atomic E-state index is 12.4. The largest absolute Gasteiger partial charge is 0.495 e. The lowest BCUT2D eigenvalue weighted by Gasteiger charge is -2.13. The Morgan fingerprint density at radius 1 is 0.880 bits per heavy atom. The van der Waals surface area contributed by atoms with Gasteiger partial charge in [-0.3, -0.25) is 4.79 Å². The number of hydrogen-bond donors (Lipinski definition) is 1. The predicted octanol–water partition coefficient (Wildman–Crippen LogP) is 3.53. The normalized spacial score (nSPS) is 10.4. The molecular weight excluding hydrogens is 322 g/mol. The minimum absolute atomic E-state index is 0.207. The van der Waals surface area contributed by atoms with Crippen LogP contribution in [0.5, 0.6) is 23.0 Å². The molecule has 0 amide bonds. The first-order valence-electron chi connectivity index (χ1n) is 7.55. The minimum Gasteiger partial charge on any atom is -0.495 e. The summed E-state index contributed by atoms with van der Waals surface area (Å²) < 4.78 is 21.0. The number of carbonyl (C=O) groups is 1. The summed E-state index contributed by atoms with van der Waals surface area (Å²) in [6, 6.07) is 10.6. The second-order valence-electron chi connectivity index (χ2n) is 4.96. The average Bonchev–Trinajstić information content (AvgIpc) is 2.66. The summed E-state index contributed by atoms with van der Waals surface area (Å²) in [6.45, 7) is 0. The number of hydrogen-bond acceptors (Lipinski definition) is 6. The molecule has 2 aromatic rings. The summed E-state index contributed by atoms with van der Waals surface area (Å²) in [5.41, 5.74) is 1.19. The number of ether oxygens (including phenoxy) is 4. The van der Waals surface area contributed by atoms with Gasteiger partial charge >= 0.3 is 0 Å². The second kappa shape index (κ2) is 8.63. The molecule has 6 nitrogen and oxygen atoms in total. The Hall–Kier alpha value is -3.15. The molecule has 0 saturated heterocycles. The van der Waals surface area contributed by atoms with Crippen molar-refractivity contribution in [2.75, 3.05) is 33.8 Å². The molecule has 2 aromatic carbocycles. The van der Waals surface area contributed by atoms with E-state index in [4.69, 9.17) is 18.9 Å². The van der Waals surface area contributed by atoms with Gasteiger partial charge in [0.25, 0.3) is 0 Å². The van der Waals surface area contributed by atoms with Gasteiger partial charge in [0.2, 0.25) is 5.75 Å². The molecule has 0 saturated carbocycles. The van der Waals surface area contributed by atoms with E-state index in [-0.39, 0.29) is 5.78 Å². The average molecular weight is 343 g/mol. The quantitative estimate of drug-likeness (QED) is 0.584. The zero-order valence-corrected chi connectivity index (χ0v) is 14.7. The lowest BCUT2D eigenvalue weighted by molar-refractivity contribution is 0.104. The SMILES string of the molecule is COc1ccccc1N/C=C\C(=O)c1cc(OC)c(OC)c(OC)c1. The number of benzene rings is 2. The minimum atomic E-state index is -0.207. The Bertz CT molecular complexity index is 745. The van der Waals surface area contributed by atoms with Crippen molar-refractivity contribution in [1.29, 1.82) is 0 Å². The molecule has 0 aliphatic rings. The molecule has 0 unspecified atom stereocenters. The fourth-order valence-electron chi connectivity index (χ4n) is 2.29.